The molecule has 0 radical (unpaired) electrons. The molecule has 1 N–H and O–H groups in total. The second-order valence-electron chi connectivity index (χ2n) is 4.45. The lowest BCUT2D eigenvalue weighted by Gasteiger charge is -2.09. The maximum absolute atomic E-state index is 12.1. The molecule has 7 heteroatoms. The van der Waals surface area contributed by atoms with Gasteiger partial charge in [0, 0.05) is 12.1 Å². The van der Waals surface area contributed by atoms with Crippen LogP contribution >= 0.6 is 11.3 Å². The smallest absolute Gasteiger partial charge is 0.370 e. The maximum atomic E-state index is 12.1. The molecule has 0 saturated carbocycles. The van der Waals surface area contributed by atoms with Gasteiger partial charge in [-0.15, -0.1) is 11.3 Å². The van der Waals surface area contributed by atoms with Crippen LogP contribution in [0.1, 0.15) is 9.67 Å². The molecule has 0 spiro atoms. The first kappa shape index (κ1) is 16.5. The first-order valence-corrected chi connectivity index (χ1v) is 7.41. The lowest BCUT2D eigenvalue weighted by Crippen LogP contribution is -2.28. The molecule has 1 aromatic heterocycles. The molecule has 3 nitrogen and oxygen atoms in total. The Bertz CT molecular complexity index is 611. The molecule has 22 heavy (non-hydrogen) atoms. The van der Waals surface area contributed by atoms with Gasteiger partial charge in [-0.2, -0.15) is 13.2 Å². The van der Waals surface area contributed by atoms with Gasteiger partial charge >= 0.3 is 6.18 Å². The van der Waals surface area contributed by atoms with Gasteiger partial charge in [0.1, 0.15) is 6.61 Å². The summed E-state index contributed by atoms with van der Waals surface area (Å²) in [5.41, 5.74) is 1.72. The average Bonchev–Trinajstić information content (AvgIpc) is 2.96. The molecular formula is C15H14F3NO2S. The molecule has 0 fully saturated rings. The van der Waals surface area contributed by atoms with Gasteiger partial charge < -0.3 is 10.1 Å². The summed E-state index contributed by atoms with van der Waals surface area (Å²) in [6.45, 7) is -1.46. The Morgan fingerprint density at radius 1 is 1.18 bits per heavy atom. The van der Waals surface area contributed by atoms with Crippen LogP contribution in [0.25, 0.3) is 11.1 Å². The van der Waals surface area contributed by atoms with E-state index in [0.717, 1.165) is 11.1 Å². The second kappa shape index (κ2) is 7.42. The minimum atomic E-state index is -4.35. The van der Waals surface area contributed by atoms with Crippen LogP contribution in [0.2, 0.25) is 0 Å². The predicted molar refractivity (Wildman–Crippen MR) is 79.0 cm³/mol. The fraction of sp³-hybridized carbons (Fsp3) is 0.267. The maximum Gasteiger partial charge on any atom is 0.411 e. The molecule has 2 rings (SSSR count). The van der Waals surface area contributed by atoms with Crippen molar-refractivity contribution in [2.45, 2.75) is 6.18 Å². The minimum absolute atomic E-state index is 0.0288. The van der Waals surface area contributed by atoms with E-state index in [-0.39, 0.29) is 19.1 Å². The number of ether oxygens (including phenoxy) is 1. The molecular weight excluding hydrogens is 315 g/mol. The van der Waals surface area contributed by atoms with Gasteiger partial charge in [0.2, 0.25) is 0 Å². The van der Waals surface area contributed by atoms with Crippen molar-refractivity contribution in [1.82, 2.24) is 5.32 Å². The van der Waals surface area contributed by atoms with Gasteiger partial charge in [0.05, 0.1) is 11.5 Å². The van der Waals surface area contributed by atoms with Crippen molar-refractivity contribution in [3.63, 3.8) is 0 Å². The summed E-state index contributed by atoms with van der Waals surface area (Å²) in [6, 6.07) is 11.3. The van der Waals surface area contributed by atoms with Crippen LogP contribution in [0.4, 0.5) is 13.2 Å². The second-order valence-corrected chi connectivity index (χ2v) is 5.37. The number of alkyl halides is 3. The zero-order valence-corrected chi connectivity index (χ0v) is 12.3. The van der Waals surface area contributed by atoms with E-state index in [1.165, 1.54) is 11.3 Å². The number of hydrogen-bond donors (Lipinski definition) is 1. The van der Waals surface area contributed by atoms with Crippen LogP contribution in [0, 0.1) is 0 Å². The third-order valence-corrected chi connectivity index (χ3v) is 3.67. The normalized spacial score (nSPS) is 11.4. The Labute approximate surface area is 129 Å². The van der Waals surface area contributed by atoms with Gasteiger partial charge in [-0.05, 0) is 17.0 Å². The monoisotopic (exact) mass is 329 g/mol. The van der Waals surface area contributed by atoms with Crippen molar-refractivity contribution < 1.29 is 22.7 Å². The van der Waals surface area contributed by atoms with E-state index >= 15 is 0 Å². The number of rotatable bonds is 6. The number of nitrogens with one attached hydrogen (secondary N) is 1. The Morgan fingerprint density at radius 2 is 1.91 bits per heavy atom. The molecule has 1 heterocycles. The van der Waals surface area contributed by atoms with Crippen molar-refractivity contribution in [2.24, 2.45) is 0 Å². The number of thiophene rings is 1. The molecule has 0 aliphatic rings. The fourth-order valence-corrected chi connectivity index (χ4v) is 2.67. The molecule has 0 aliphatic carbocycles. The molecule has 0 atom stereocenters. The summed E-state index contributed by atoms with van der Waals surface area (Å²) >= 11 is 1.29. The Kier molecular flexibility index (Phi) is 5.57. The van der Waals surface area contributed by atoms with E-state index in [9.17, 15) is 18.0 Å². The largest absolute Gasteiger partial charge is 0.411 e. The number of halogens is 3. The molecule has 1 amide bonds. The van der Waals surface area contributed by atoms with E-state index in [1.54, 1.807) is 5.38 Å². The van der Waals surface area contributed by atoms with E-state index in [0.29, 0.717) is 4.88 Å². The summed E-state index contributed by atoms with van der Waals surface area (Å²) in [5, 5.41) is 4.36. The number of carbonyl (C=O) groups is 1. The van der Waals surface area contributed by atoms with E-state index in [1.807, 2.05) is 36.4 Å². The van der Waals surface area contributed by atoms with Crippen LogP contribution in [-0.2, 0) is 4.74 Å². The fourth-order valence-electron chi connectivity index (χ4n) is 1.84. The van der Waals surface area contributed by atoms with Gasteiger partial charge in [0.25, 0.3) is 5.91 Å². The van der Waals surface area contributed by atoms with Crippen molar-refractivity contribution in [3.05, 3.63) is 46.7 Å². The number of hydrogen-bond acceptors (Lipinski definition) is 3. The lowest BCUT2D eigenvalue weighted by atomic mass is 10.1. The highest BCUT2D eigenvalue weighted by atomic mass is 32.1. The summed E-state index contributed by atoms with van der Waals surface area (Å²) < 4.78 is 40.1. The van der Waals surface area contributed by atoms with Gasteiger partial charge in [-0.1, -0.05) is 30.3 Å². The highest BCUT2D eigenvalue weighted by Crippen LogP contribution is 2.27. The van der Waals surface area contributed by atoms with E-state index in [2.05, 4.69) is 10.1 Å². The van der Waals surface area contributed by atoms with E-state index < -0.39 is 12.8 Å². The summed E-state index contributed by atoms with van der Waals surface area (Å²) in [7, 11) is 0. The van der Waals surface area contributed by atoms with Gasteiger partial charge in [-0.3, -0.25) is 4.79 Å². The van der Waals surface area contributed by atoms with Gasteiger partial charge in [0.15, 0.2) is 0 Å². The first-order valence-electron chi connectivity index (χ1n) is 6.53. The number of amides is 1. The summed E-state index contributed by atoms with van der Waals surface area (Å²) in [4.78, 5) is 12.6. The third-order valence-electron chi connectivity index (χ3n) is 2.75. The molecule has 0 bridgehead atoms. The zero-order chi connectivity index (χ0) is 16.0. The summed E-state index contributed by atoms with van der Waals surface area (Å²) in [6.07, 6.45) is -4.35. The Hall–Kier alpha value is -1.86. The van der Waals surface area contributed by atoms with Crippen LogP contribution in [0.5, 0.6) is 0 Å². The predicted octanol–water partition coefficient (Wildman–Crippen LogP) is 3.72. The van der Waals surface area contributed by atoms with Crippen molar-refractivity contribution >= 4 is 17.2 Å². The average molecular weight is 329 g/mol. The molecule has 0 unspecified atom stereocenters. The molecule has 0 saturated heterocycles. The van der Waals surface area contributed by atoms with E-state index in [4.69, 9.17) is 0 Å². The topological polar surface area (TPSA) is 38.3 Å². The zero-order valence-electron chi connectivity index (χ0n) is 11.5. The number of benzene rings is 1. The Balaban J connectivity index is 1.88. The van der Waals surface area contributed by atoms with Crippen molar-refractivity contribution in [1.29, 1.82) is 0 Å². The van der Waals surface area contributed by atoms with Crippen molar-refractivity contribution in [3.8, 4) is 11.1 Å². The standard InChI is InChI=1S/C15H14F3NO2S/c16-15(17,18)10-21-8-7-19-14(20)13-12(6-9-22-13)11-4-2-1-3-5-11/h1-6,9H,7-8,10H2,(H,19,20). The number of carbonyl (C=O) groups excluding carboxylic acids is 1. The van der Waals surface area contributed by atoms with Crippen LogP contribution in [0.15, 0.2) is 41.8 Å². The van der Waals surface area contributed by atoms with Crippen molar-refractivity contribution in [2.75, 3.05) is 19.8 Å². The van der Waals surface area contributed by atoms with Crippen LogP contribution in [-0.4, -0.2) is 31.8 Å². The highest BCUT2D eigenvalue weighted by Gasteiger charge is 2.27. The lowest BCUT2D eigenvalue weighted by molar-refractivity contribution is -0.173. The molecule has 118 valence electrons. The quantitative estimate of drug-likeness (QED) is 0.820. The molecule has 1 aromatic carbocycles. The SMILES string of the molecule is O=C(NCCOCC(F)(F)F)c1sccc1-c1ccccc1. The molecule has 2 aromatic rings. The van der Waals surface area contributed by atoms with Crippen LogP contribution < -0.4 is 5.32 Å². The highest BCUT2D eigenvalue weighted by molar-refractivity contribution is 7.12. The summed E-state index contributed by atoms with van der Waals surface area (Å²) in [5.74, 6) is -0.315. The first-order chi connectivity index (χ1) is 10.5. The Morgan fingerprint density at radius 3 is 2.59 bits per heavy atom. The molecule has 0 aliphatic heterocycles. The third kappa shape index (κ3) is 4.85. The van der Waals surface area contributed by atoms with Crippen LogP contribution in [0.3, 0.4) is 0 Å². The van der Waals surface area contributed by atoms with Gasteiger partial charge in [-0.25, -0.2) is 0 Å². The minimum Gasteiger partial charge on any atom is -0.370 e.